The van der Waals surface area contributed by atoms with Crippen LogP contribution in [0.4, 0.5) is 0 Å². The van der Waals surface area contributed by atoms with Crippen LogP contribution in [0.3, 0.4) is 0 Å². The smallest absolute Gasteiger partial charge is 0.138 e. The van der Waals surface area contributed by atoms with E-state index in [-0.39, 0.29) is 0 Å². The predicted molar refractivity (Wildman–Crippen MR) is 73.3 cm³/mol. The van der Waals surface area contributed by atoms with Crippen molar-refractivity contribution in [2.45, 2.75) is 12.5 Å². The number of imidazole rings is 1. The molecule has 0 bridgehead atoms. The Bertz CT molecular complexity index is 568. The molecule has 2 rings (SSSR count). The molecular formula is C12H11Cl3N2O. The summed E-state index contributed by atoms with van der Waals surface area (Å²) in [5.74, 6) is 0.496. The van der Waals surface area contributed by atoms with E-state index in [0.717, 1.165) is 5.56 Å². The van der Waals surface area contributed by atoms with Crippen LogP contribution in [0.25, 0.3) is 0 Å². The van der Waals surface area contributed by atoms with Gasteiger partial charge in [-0.05, 0) is 11.6 Å². The zero-order valence-corrected chi connectivity index (χ0v) is 11.8. The maximum Gasteiger partial charge on any atom is 0.138 e. The van der Waals surface area contributed by atoms with Gasteiger partial charge in [0.2, 0.25) is 0 Å². The Morgan fingerprint density at radius 2 is 2.06 bits per heavy atom. The highest BCUT2D eigenvalue weighted by Crippen LogP contribution is 2.29. The molecule has 1 unspecified atom stereocenters. The van der Waals surface area contributed by atoms with Gasteiger partial charge in [0.15, 0.2) is 0 Å². The number of aromatic nitrogens is 2. The summed E-state index contributed by atoms with van der Waals surface area (Å²) in [5, 5.41) is 11.5. The summed E-state index contributed by atoms with van der Waals surface area (Å²) in [6, 6.07) is 5.32. The first-order valence-corrected chi connectivity index (χ1v) is 6.42. The third-order valence-corrected chi connectivity index (χ3v) is 3.92. The molecule has 0 amide bonds. The van der Waals surface area contributed by atoms with Gasteiger partial charge in [0, 0.05) is 13.5 Å². The molecule has 0 fully saturated rings. The predicted octanol–water partition coefficient (Wildman–Crippen LogP) is 3.66. The van der Waals surface area contributed by atoms with Crippen molar-refractivity contribution in [1.82, 2.24) is 9.55 Å². The third-order valence-electron chi connectivity index (χ3n) is 2.71. The monoisotopic (exact) mass is 304 g/mol. The maximum atomic E-state index is 10.1. The molecule has 96 valence electrons. The molecule has 18 heavy (non-hydrogen) atoms. The van der Waals surface area contributed by atoms with Gasteiger partial charge in [-0.25, -0.2) is 4.98 Å². The molecule has 0 spiro atoms. The van der Waals surface area contributed by atoms with Gasteiger partial charge in [-0.2, -0.15) is 0 Å². The summed E-state index contributed by atoms with van der Waals surface area (Å²) in [6.07, 6.45) is 1.05. The Balaban J connectivity index is 2.24. The van der Waals surface area contributed by atoms with Crippen molar-refractivity contribution in [3.8, 4) is 0 Å². The molecule has 0 aliphatic rings. The number of nitrogens with zero attached hydrogens (tertiary/aromatic N) is 2. The van der Waals surface area contributed by atoms with Gasteiger partial charge in [0.05, 0.1) is 16.2 Å². The minimum atomic E-state index is -0.779. The lowest BCUT2D eigenvalue weighted by Crippen LogP contribution is -2.09. The van der Waals surface area contributed by atoms with Crippen molar-refractivity contribution in [3.05, 3.63) is 51.0 Å². The molecule has 0 radical (unpaired) electrons. The van der Waals surface area contributed by atoms with E-state index in [1.54, 1.807) is 23.7 Å². The van der Waals surface area contributed by atoms with Gasteiger partial charge in [0.25, 0.3) is 0 Å². The zero-order chi connectivity index (χ0) is 13.3. The van der Waals surface area contributed by atoms with Crippen LogP contribution < -0.4 is 0 Å². The van der Waals surface area contributed by atoms with E-state index in [9.17, 15) is 5.11 Å². The van der Waals surface area contributed by atoms with E-state index < -0.39 is 6.10 Å². The quantitative estimate of drug-likeness (QED) is 0.940. The van der Waals surface area contributed by atoms with E-state index >= 15 is 0 Å². The first kappa shape index (κ1) is 13.7. The lowest BCUT2D eigenvalue weighted by molar-refractivity contribution is 0.165. The Morgan fingerprint density at radius 1 is 1.33 bits per heavy atom. The molecule has 0 saturated carbocycles. The molecule has 0 aliphatic heterocycles. The molecule has 1 N–H and O–H groups in total. The van der Waals surface area contributed by atoms with Crippen LogP contribution in [-0.2, 0) is 13.5 Å². The standard InChI is InChI=1S/C12H11Cl3N2O/c1-17-10(14)6-16-12(17)9(18)5-7-3-2-4-8(13)11(7)15/h2-4,6,9,18H,5H2,1H3. The first-order valence-electron chi connectivity index (χ1n) is 5.28. The molecule has 1 heterocycles. The van der Waals surface area contributed by atoms with Crippen molar-refractivity contribution >= 4 is 34.8 Å². The number of rotatable bonds is 3. The number of benzene rings is 1. The fourth-order valence-electron chi connectivity index (χ4n) is 1.72. The second kappa shape index (κ2) is 5.49. The van der Waals surface area contributed by atoms with Crippen LogP contribution in [0.1, 0.15) is 17.5 Å². The Labute approximate surface area is 120 Å². The molecule has 6 heteroatoms. The Kier molecular flexibility index (Phi) is 4.17. The van der Waals surface area contributed by atoms with Crippen molar-refractivity contribution in [2.75, 3.05) is 0 Å². The van der Waals surface area contributed by atoms with Crippen LogP contribution >= 0.6 is 34.8 Å². The molecule has 0 saturated heterocycles. The molecule has 0 aliphatic carbocycles. The van der Waals surface area contributed by atoms with Gasteiger partial charge in [0.1, 0.15) is 17.1 Å². The van der Waals surface area contributed by atoms with Gasteiger partial charge in [-0.15, -0.1) is 0 Å². The Hall–Kier alpha value is -0.740. The molecule has 3 nitrogen and oxygen atoms in total. The summed E-state index contributed by atoms with van der Waals surface area (Å²) in [7, 11) is 1.74. The highest BCUT2D eigenvalue weighted by Gasteiger charge is 2.17. The second-order valence-corrected chi connectivity index (χ2v) is 5.10. The van der Waals surface area contributed by atoms with Gasteiger partial charge in [-0.1, -0.05) is 46.9 Å². The number of hydrogen-bond donors (Lipinski definition) is 1. The summed E-state index contributed by atoms with van der Waals surface area (Å²) >= 11 is 17.9. The molecular weight excluding hydrogens is 295 g/mol. The topological polar surface area (TPSA) is 38.0 Å². The minimum absolute atomic E-state index is 0.334. The number of halogens is 3. The van der Waals surface area contributed by atoms with Crippen molar-refractivity contribution in [2.24, 2.45) is 7.05 Å². The first-order chi connectivity index (χ1) is 8.50. The highest BCUT2D eigenvalue weighted by atomic mass is 35.5. The number of aliphatic hydroxyl groups excluding tert-OH is 1. The SMILES string of the molecule is Cn1c(Cl)cnc1C(O)Cc1cccc(Cl)c1Cl. The van der Waals surface area contributed by atoms with Gasteiger partial charge >= 0.3 is 0 Å². The van der Waals surface area contributed by atoms with Crippen molar-refractivity contribution < 1.29 is 5.11 Å². The third kappa shape index (κ3) is 2.64. The second-order valence-electron chi connectivity index (χ2n) is 3.93. The van der Waals surface area contributed by atoms with E-state index in [0.29, 0.717) is 27.4 Å². The summed E-state index contributed by atoms with van der Waals surface area (Å²) in [4.78, 5) is 4.07. The highest BCUT2D eigenvalue weighted by molar-refractivity contribution is 6.42. The number of hydrogen-bond acceptors (Lipinski definition) is 2. The minimum Gasteiger partial charge on any atom is -0.385 e. The zero-order valence-electron chi connectivity index (χ0n) is 9.57. The van der Waals surface area contributed by atoms with E-state index in [4.69, 9.17) is 34.8 Å². The van der Waals surface area contributed by atoms with E-state index in [2.05, 4.69) is 4.98 Å². The van der Waals surface area contributed by atoms with Crippen LogP contribution in [0.15, 0.2) is 24.4 Å². The van der Waals surface area contributed by atoms with Crippen molar-refractivity contribution in [1.29, 1.82) is 0 Å². The molecule has 2 aromatic rings. The largest absolute Gasteiger partial charge is 0.385 e. The average Bonchev–Trinajstić information content (AvgIpc) is 2.66. The molecule has 1 aromatic heterocycles. The summed E-state index contributed by atoms with van der Waals surface area (Å²) in [6.45, 7) is 0. The number of aliphatic hydroxyl groups is 1. The fraction of sp³-hybridized carbons (Fsp3) is 0.250. The van der Waals surface area contributed by atoms with Crippen LogP contribution in [0, 0.1) is 0 Å². The normalized spacial score (nSPS) is 12.7. The summed E-state index contributed by atoms with van der Waals surface area (Å²) < 4.78 is 1.63. The lowest BCUT2D eigenvalue weighted by Gasteiger charge is -2.12. The maximum absolute atomic E-state index is 10.1. The molecule has 1 aromatic carbocycles. The summed E-state index contributed by atoms with van der Waals surface area (Å²) in [5.41, 5.74) is 0.774. The van der Waals surface area contributed by atoms with Crippen LogP contribution in [0.2, 0.25) is 15.2 Å². The van der Waals surface area contributed by atoms with E-state index in [1.165, 1.54) is 6.20 Å². The lowest BCUT2D eigenvalue weighted by atomic mass is 10.1. The molecule has 1 atom stereocenters. The van der Waals surface area contributed by atoms with Crippen LogP contribution in [-0.4, -0.2) is 14.7 Å². The Morgan fingerprint density at radius 3 is 2.67 bits per heavy atom. The van der Waals surface area contributed by atoms with Crippen LogP contribution in [0.5, 0.6) is 0 Å². The van der Waals surface area contributed by atoms with E-state index in [1.807, 2.05) is 6.07 Å². The van der Waals surface area contributed by atoms with Gasteiger partial charge in [-0.3, -0.25) is 0 Å². The average molecular weight is 306 g/mol. The van der Waals surface area contributed by atoms with Gasteiger partial charge < -0.3 is 9.67 Å². The van der Waals surface area contributed by atoms with Crippen molar-refractivity contribution in [3.63, 3.8) is 0 Å². The fourth-order valence-corrected chi connectivity index (χ4v) is 2.25.